The van der Waals surface area contributed by atoms with Crippen molar-refractivity contribution in [1.82, 2.24) is 15.5 Å². The van der Waals surface area contributed by atoms with Crippen molar-refractivity contribution in [1.29, 1.82) is 0 Å². The molecule has 2 aliphatic heterocycles. The minimum atomic E-state index is 0.165. The summed E-state index contributed by atoms with van der Waals surface area (Å²) in [4.78, 5) is 13.9. The molecule has 0 aromatic carbocycles. The van der Waals surface area contributed by atoms with E-state index in [-0.39, 0.29) is 5.91 Å². The molecule has 4 heteroatoms. The standard InChI is InChI=1S/C14H27N3O/c1-3-15-14(18)7-8-16-11-9-12-5-4-6-13(10-11)17(12)2/h11-13,16H,3-10H2,1-2H3,(H,15,18). The van der Waals surface area contributed by atoms with Crippen molar-refractivity contribution in [3.8, 4) is 0 Å². The lowest BCUT2D eigenvalue weighted by Gasteiger charge is -2.47. The molecule has 0 aromatic rings. The maximum atomic E-state index is 11.4. The molecule has 2 atom stereocenters. The number of nitrogens with one attached hydrogen (secondary N) is 2. The van der Waals surface area contributed by atoms with Crippen LogP contribution < -0.4 is 10.6 Å². The van der Waals surface area contributed by atoms with Crippen molar-refractivity contribution in [2.45, 2.75) is 63.6 Å². The minimum absolute atomic E-state index is 0.165. The molecule has 2 rings (SSSR count). The maximum Gasteiger partial charge on any atom is 0.221 e. The van der Waals surface area contributed by atoms with Crippen LogP contribution in [-0.4, -0.2) is 49.1 Å². The third kappa shape index (κ3) is 3.45. The molecule has 2 bridgehead atoms. The van der Waals surface area contributed by atoms with Gasteiger partial charge in [0.15, 0.2) is 0 Å². The van der Waals surface area contributed by atoms with Gasteiger partial charge >= 0.3 is 0 Å². The fourth-order valence-corrected chi connectivity index (χ4v) is 3.46. The molecule has 2 heterocycles. The molecule has 4 nitrogen and oxygen atoms in total. The predicted octanol–water partition coefficient (Wildman–Crippen LogP) is 1.12. The van der Waals surface area contributed by atoms with Crippen LogP contribution in [0.15, 0.2) is 0 Å². The molecule has 0 saturated carbocycles. The summed E-state index contributed by atoms with van der Waals surface area (Å²) < 4.78 is 0. The van der Waals surface area contributed by atoms with Crippen LogP contribution in [0.1, 0.15) is 45.4 Å². The number of piperidine rings is 2. The van der Waals surface area contributed by atoms with Crippen LogP contribution in [0.2, 0.25) is 0 Å². The van der Waals surface area contributed by atoms with Gasteiger partial charge in [0, 0.05) is 37.6 Å². The molecule has 1 amide bonds. The molecule has 0 spiro atoms. The molecule has 104 valence electrons. The Morgan fingerprint density at radius 1 is 1.28 bits per heavy atom. The molecular formula is C14H27N3O. The second-order valence-corrected chi connectivity index (χ2v) is 5.73. The molecule has 18 heavy (non-hydrogen) atoms. The molecule has 0 aliphatic carbocycles. The second-order valence-electron chi connectivity index (χ2n) is 5.73. The Hall–Kier alpha value is -0.610. The van der Waals surface area contributed by atoms with E-state index in [1.54, 1.807) is 0 Å². The van der Waals surface area contributed by atoms with Crippen molar-refractivity contribution >= 4 is 5.91 Å². The van der Waals surface area contributed by atoms with Gasteiger partial charge in [-0.1, -0.05) is 6.42 Å². The quantitative estimate of drug-likeness (QED) is 0.771. The summed E-state index contributed by atoms with van der Waals surface area (Å²) in [5, 5.41) is 6.42. The summed E-state index contributed by atoms with van der Waals surface area (Å²) in [5.41, 5.74) is 0. The normalized spacial score (nSPS) is 32.2. The highest BCUT2D eigenvalue weighted by Crippen LogP contribution is 2.32. The van der Waals surface area contributed by atoms with Crippen LogP contribution in [-0.2, 0) is 4.79 Å². The summed E-state index contributed by atoms with van der Waals surface area (Å²) in [5.74, 6) is 0.165. The van der Waals surface area contributed by atoms with E-state index in [2.05, 4.69) is 22.6 Å². The van der Waals surface area contributed by atoms with Crippen LogP contribution in [0.4, 0.5) is 0 Å². The SMILES string of the molecule is CCNC(=O)CCNC1CC2CCCC(C1)N2C. The Bertz CT molecular complexity index is 268. The lowest BCUT2D eigenvalue weighted by Crippen LogP contribution is -2.54. The zero-order valence-corrected chi connectivity index (χ0v) is 11.7. The lowest BCUT2D eigenvalue weighted by molar-refractivity contribution is -0.120. The molecule has 0 radical (unpaired) electrons. The van der Waals surface area contributed by atoms with E-state index >= 15 is 0 Å². The van der Waals surface area contributed by atoms with Crippen LogP contribution in [0.3, 0.4) is 0 Å². The summed E-state index contributed by atoms with van der Waals surface area (Å²) in [7, 11) is 2.28. The highest BCUT2D eigenvalue weighted by Gasteiger charge is 2.35. The first-order valence-corrected chi connectivity index (χ1v) is 7.42. The Balaban J connectivity index is 1.70. The summed E-state index contributed by atoms with van der Waals surface area (Å²) in [6.45, 7) is 3.51. The second kappa shape index (κ2) is 6.53. The van der Waals surface area contributed by atoms with E-state index in [1.165, 1.54) is 32.1 Å². The number of fused-ring (bicyclic) bond motifs is 2. The zero-order valence-electron chi connectivity index (χ0n) is 11.7. The molecule has 0 aromatic heterocycles. The summed E-state index contributed by atoms with van der Waals surface area (Å²) in [6, 6.07) is 2.14. The van der Waals surface area contributed by atoms with Crippen LogP contribution in [0.5, 0.6) is 0 Å². The first-order valence-electron chi connectivity index (χ1n) is 7.42. The van der Waals surface area contributed by atoms with E-state index in [4.69, 9.17) is 0 Å². The van der Waals surface area contributed by atoms with E-state index in [0.717, 1.165) is 25.2 Å². The highest BCUT2D eigenvalue weighted by molar-refractivity contribution is 5.75. The molecule has 2 saturated heterocycles. The van der Waals surface area contributed by atoms with Crippen molar-refractivity contribution in [2.24, 2.45) is 0 Å². The van der Waals surface area contributed by atoms with Crippen molar-refractivity contribution < 1.29 is 4.79 Å². The van der Waals surface area contributed by atoms with Gasteiger partial charge in [-0.25, -0.2) is 0 Å². The average molecular weight is 253 g/mol. The predicted molar refractivity (Wildman–Crippen MR) is 73.5 cm³/mol. The Morgan fingerprint density at radius 3 is 2.56 bits per heavy atom. The van der Waals surface area contributed by atoms with E-state index in [0.29, 0.717) is 12.5 Å². The third-order valence-electron chi connectivity index (χ3n) is 4.50. The van der Waals surface area contributed by atoms with Gasteiger partial charge in [-0.2, -0.15) is 0 Å². The smallest absolute Gasteiger partial charge is 0.221 e. The highest BCUT2D eigenvalue weighted by atomic mass is 16.1. The first-order chi connectivity index (χ1) is 8.70. The maximum absolute atomic E-state index is 11.4. The Kier molecular flexibility index (Phi) is 5.01. The van der Waals surface area contributed by atoms with Crippen LogP contribution in [0, 0.1) is 0 Å². The third-order valence-corrected chi connectivity index (χ3v) is 4.50. The van der Waals surface area contributed by atoms with Crippen molar-refractivity contribution in [2.75, 3.05) is 20.1 Å². The zero-order chi connectivity index (χ0) is 13.0. The monoisotopic (exact) mass is 253 g/mol. The van der Waals surface area contributed by atoms with E-state index in [9.17, 15) is 4.79 Å². The topological polar surface area (TPSA) is 44.4 Å². The average Bonchev–Trinajstić information content (AvgIpc) is 2.30. The van der Waals surface area contributed by atoms with Gasteiger partial charge in [0.25, 0.3) is 0 Å². The van der Waals surface area contributed by atoms with Gasteiger partial charge < -0.3 is 15.5 Å². The van der Waals surface area contributed by atoms with Gasteiger partial charge in [-0.3, -0.25) is 4.79 Å². The largest absolute Gasteiger partial charge is 0.356 e. The fraction of sp³-hybridized carbons (Fsp3) is 0.929. The molecule has 2 fully saturated rings. The first kappa shape index (κ1) is 13.8. The number of carbonyl (C=O) groups excluding carboxylic acids is 1. The molecule has 2 N–H and O–H groups in total. The minimum Gasteiger partial charge on any atom is -0.356 e. The Morgan fingerprint density at radius 2 is 1.94 bits per heavy atom. The Labute approximate surface area is 110 Å². The number of amides is 1. The number of nitrogens with zero attached hydrogens (tertiary/aromatic N) is 1. The van der Waals surface area contributed by atoms with Gasteiger partial charge in [-0.05, 0) is 39.7 Å². The molecule has 2 aliphatic rings. The van der Waals surface area contributed by atoms with Crippen molar-refractivity contribution in [3.63, 3.8) is 0 Å². The van der Waals surface area contributed by atoms with Gasteiger partial charge in [0.05, 0.1) is 0 Å². The summed E-state index contributed by atoms with van der Waals surface area (Å²) >= 11 is 0. The van der Waals surface area contributed by atoms with Crippen LogP contribution >= 0.6 is 0 Å². The van der Waals surface area contributed by atoms with Gasteiger partial charge in [-0.15, -0.1) is 0 Å². The fourth-order valence-electron chi connectivity index (χ4n) is 3.46. The number of rotatable bonds is 5. The lowest BCUT2D eigenvalue weighted by atomic mass is 9.82. The van der Waals surface area contributed by atoms with Crippen LogP contribution in [0.25, 0.3) is 0 Å². The van der Waals surface area contributed by atoms with Crippen molar-refractivity contribution in [3.05, 3.63) is 0 Å². The number of carbonyl (C=O) groups is 1. The number of hydrogen-bond acceptors (Lipinski definition) is 3. The number of hydrogen-bond donors (Lipinski definition) is 2. The summed E-state index contributed by atoms with van der Waals surface area (Å²) in [6.07, 6.45) is 7.20. The van der Waals surface area contributed by atoms with E-state index < -0.39 is 0 Å². The van der Waals surface area contributed by atoms with Gasteiger partial charge in [0.1, 0.15) is 0 Å². The molecule has 2 unspecified atom stereocenters. The van der Waals surface area contributed by atoms with E-state index in [1.807, 2.05) is 6.92 Å². The van der Waals surface area contributed by atoms with Gasteiger partial charge in [0.2, 0.25) is 5.91 Å². The molecular weight excluding hydrogens is 226 g/mol.